The minimum Gasteiger partial charge on any atom is -0.481 e. The lowest BCUT2D eigenvalue weighted by atomic mass is 9.86. The number of carbonyl (C=O) groups is 2. The number of rotatable bonds is 6. The van der Waals surface area contributed by atoms with Crippen LogP contribution in [0.3, 0.4) is 0 Å². The standard InChI is InChI=1S/C22H19ClFNO5S2/c1-3-14(22(27)28)15-10-18(26)25-16-8-12(24)9-17(32(2,29)30)19(16)21(20(15)25)31-13-6-4-11(23)5-7-13/h4-9,14-15H,3,10H2,1-2H3,(H,27,28). The maximum atomic E-state index is 14.4. The Balaban J connectivity index is 2.09. The van der Waals surface area contributed by atoms with Crippen molar-refractivity contribution in [3.63, 3.8) is 0 Å². The largest absolute Gasteiger partial charge is 0.481 e. The highest BCUT2D eigenvalue weighted by Gasteiger charge is 2.42. The number of carbonyl (C=O) groups excluding carboxylic acids is 1. The summed E-state index contributed by atoms with van der Waals surface area (Å²) in [5, 5.41) is 10.5. The number of aliphatic carboxylic acids is 1. The van der Waals surface area contributed by atoms with Crippen molar-refractivity contribution in [2.75, 3.05) is 6.26 Å². The third-order valence-electron chi connectivity index (χ3n) is 5.66. The molecular weight excluding hydrogens is 477 g/mol. The summed E-state index contributed by atoms with van der Waals surface area (Å²) in [7, 11) is -3.85. The summed E-state index contributed by atoms with van der Waals surface area (Å²) in [6, 6.07) is 8.90. The van der Waals surface area contributed by atoms with Crippen LogP contribution in [0.25, 0.3) is 10.9 Å². The molecule has 10 heteroatoms. The first kappa shape index (κ1) is 22.8. The van der Waals surface area contributed by atoms with E-state index in [1.54, 1.807) is 31.2 Å². The Morgan fingerprint density at radius 1 is 1.31 bits per heavy atom. The highest BCUT2D eigenvalue weighted by molar-refractivity contribution is 7.99. The molecular formula is C22H19ClFNO5S2. The Hall–Kier alpha value is -2.36. The van der Waals surface area contributed by atoms with Gasteiger partial charge in [-0.3, -0.25) is 14.2 Å². The normalized spacial score (nSPS) is 17.0. The topological polar surface area (TPSA) is 93.4 Å². The highest BCUT2D eigenvalue weighted by atomic mass is 35.5. The third-order valence-corrected chi connectivity index (χ3v) is 8.16. The van der Waals surface area contributed by atoms with Gasteiger partial charge in [0.05, 0.1) is 16.3 Å². The molecule has 0 bridgehead atoms. The number of hydrogen-bond acceptors (Lipinski definition) is 5. The second-order valence-electron chi connectivity index (χ2n) is 7.73. The first-order valence-electron chi connectivity index (χ1n) is 9.80. The minimum atomic E-state index is -3.85. The Kier molecular flexibility index (Phi) is 5.85. The minimum absolute atomic E-state index is 0.0466. The van der Waals surface area contributed by atoms with Crippen molar-refractivity contribution in [1.29, 1.82) is 0 Å². The summed E-state index contributed by atoms with van der Waals surface area (Å²) in [6.45, 7) is 1.72. The zero-order chi connectivity index (χ0) is 23.4. The van der Waals surface area contributed by atoms with Crippen LogP contribution >= 0.6 is 23.4 Å². The predicted octanol–water partition coefficient (Wildman–Crippen LogP) is 5.23. The summed E-state index contributed by atoms with van der Waals surface area (Å²) >= 11 is 7.19. The van der Waals surface area contributed by atoms with E-state index in [0.717, 1.165) is 23.3 Å². The number of nitrogens with zero attached hydrogens (tertiary/aromatic N) is 1. The van der Waals surface area contributed by atoms with E-state index < -0.39 is 33.5 Å². The van der Waals surface area contributed by atoms with Crippen molar-refractivity contribution in [3.05, 3.63) is 52.9 Å². The zero-order valence-electron chi connectivity index (χ0n) is 17.1. The van der Waals surface area contributed by atoms with Gasteiger partial charge >= 0.3 is 5.97 Å². The molecule has 4 rings (SSSR count). The van der Waals surface area contributed by atoms with Crippen LogP contribution in [0, 0.1) is 11.7 Å². The van der Waals surface area contributed by atoms with E-state index in [2.05, 4.69) is 0 Å². The number of carboxylic acid groups (broad SMARTS) is 1. The van der Waals surface area contributed by atoms with Crippen molar-refractivity contribution < 1.29 is 27.5 Å². The first-order chi connectivity index (χ1) is 15.0. The Morgan fingerprint density at radius 3 is 2.53 bits per heavy atom. The second-order valence-corrected chi connectivity index (χ2v) is 11.2. The summed E-state index contributed by atoms with van der Waals surface area (Å²) in [5.74, 6) is -3.73. The van der Waals surface area contributed by atoms with Crippen LogP contribution < -0.4 is 0 Å². The Labute approximate surface area is 193 Å². The van der Waals surface area contributed by atoms with Gasteiger partial charge in [0.2, 0.25) is 5.91 Å². The molecule has 2 atom stereocenters. The fourth-order valence-electron chi connectivity index (χ4n) is 4.29. The number of sulfone groups is 1. The highest BCUT2D eigenvalue weighted by Crippen LogP contribution is 2.50. The molecule has 6 nitrogen and oxygen atoms in total. The molecule has 3 aromatic rings. The molecule has 0 fully saturated rings. The molecule has 2 unspecified atom stereocenters. The quantitative estimate of drug-likeness (QED) is 0.503. The van der Waals surface area contributed by atoms with Crippen LogP contribution in [0.15, 0.2) is 51.1 Å². The second kappa shape index (κ2) is 8.20. The number of hydrogen-bond donors (Lipinski definition) is 1. The van der Waals surface area contributed by atoms with Crippen molar-refractivity contribution in [3.8, 4) is 0 Å². The molecule has 1 aromatic heterocycles. The molecule has 0 amide bonds. The van der Waals surface area contributed by atoms with Gasteiger partial charge in [-0.15, -0.1) is 0 Å². The van der Waals surface area contributed by atoms with Crippen LogP contribution in [0.2, 0.25) is 5.02 Å². The fraction of sp³-hybridized carbons (Fsp3) is 0.273. The van der Waals surface area contributed by atoms with E-state index in [4.69, 9.17) is 11.6 Å². The average molecular weight is 496 g/mol. The van der Waals surface area contributed by atoms with Crippen molar-refractivity contribution in [2.24, 2.45) is 5.92 Å². The molecule has 2 heterocycles. The van der Waals surface area contributed by atoms with Crippen molar-refractivity contribution in [1.82, 2.24) is 4.57 Å². The van der Waals surface area contributed by atoms with Gasteiger partial charge in [-0.2, -0.15) is 0 Å². The third kappa shape index (κ3) is 3.82. The molecule has 0 saturated carbocycles. The number of carboxylic acids is 1. The molecule has 168 valence electrons. The summed E-state index contributed by atoms with van der Waals surface area (Å²) in [5.41, 5.74) is 0.541. The molecule has 2 aromatic carbocycles. The van der Waals surface area contributed by atoms with Crippen LogP contribution in [0.5, 0.6) is 0 Å². The van der Waals surface area contributed by atoms with Crippen LogP contribution in [0.4, 0.5) is 4.39 Å². The average Bonchev–Trinajstić information content (AvgIpc) is 3.19. The molecule has 0 radical (unpaired) electrons. The Bertz CT molecular complexity index is 1370. The van der Waals surface area contributed by atoms with E-state index in [0.29, 0.717) is 15.6 Å². The zero-order valence-corrected chi connectivity index (χ0v) is 19.5. The monoisotopic (exact) mass is 495 g/mol. The predicted molar refractivity (Wildman–Crippen MR) is 120 cm³/mol. The van der Waals surface area contributed by atoms with Crippen LogP contribution in [-0.2, 0) is 14.6 Å². The smallest absolute Gasteiger partial charge is 0.307 e. The van der Waals surface area contributed by atoms with Gasteiger partial charge in [0.15, 0.2) is 9.84 Å². The first-order valence-corrected chi connectivity index (χ1v) is 12.9. The summed E-state index contributed by atoms with van der Waals surface area (Å²) in [6.07, 6.45) is 1.22. The van der Waals surface area contributed by atoms with Gasteiger partial charge in [-0.1, -0.05) is 30.3 Å². The van der Waals surface area contributed by atoms with E-state index in [1.165, 1.54) is 16.3 Å². The molecule has 0 aliphatic carbocycles. The molecule has 0 saturated heterocycles. The summed E-state index contributed by atoms with van der Waals surface area (Å²) in [4.78, 5) is 25.9. The lowest BCUT2D eigenvalue weighted by molar-refractivity contribution is -0.142. The number of aromatic nitrogens is 1. The number of halogens is 2. The maximum absolute atomic E-state index is 14.4. The van der Waals surface area contributed by atoms with E-state index in [1.807, 2.05) is 0 Å². The Morgan fingerprint density at radius 2 is 1.97 bits per heavy atom. The molecule has 32 heavy (non-hydrogen) atoms. The summed E-state index contributed by atoms with van der Waals surface area (Å²) < 4.78 is 40.9. The van der Waals surface area contributed by atoms with E-state index >= 15 is 0 Å². The van der Waals surface area contributed by atoms with Gasteiger partial charge in [-0.05, 0) is 42.8 Å². The lowest BCUT2D eigenvalue weighted by Gasteiger charge is -2.18. The lowest BCUT2D eigenvalue weighted by Crippen LogP contribution is -2.20. The van der Waals surface area contributed by atoms with Gasteiger partial charge in [-0.25, -0.2) is 12.8 Å². The van der Waals surface area contributed by atoms with E-state index in [-0.39, 0.29) is 34.5 Å². The van der Waals surface area contributed by atoms with Crippen molar-refractivity contribution in [2.45, 2.75) is 40.4 Å². The van der Waals surface area contributed by atoms with Gasteiger partial charge < -0.3 is 5.11 Å². The SMILES string of the molecule is CCC(C(=O)O)C1CC(=O)n2c1c(Sc1ccc(Cl)cc1)c1c(S(C)(=O)=O)cc(F)cc12. The maximum Gasteiger partial charge on any atom is 0.307 e. The van der Waals surface area contributed by atoms with E-state index in [9.17, 15) is 27.5 Å². The molecule has 1 aliphatic heterocycles. The number of benzene rings is 2. The van der Waals surface area contributed by atoms with Gasteiger partial charge in [0.1, 0.15) is 5.82 Å². The molecule has 1 N–H and O–H groups in total. The molecule has 0 spiro atoms. The van der Waals surface area contributed by atoms with Crippen molar-refractivity contribution >= 4 is 56.0 Å². The van der Waals surface area contributed by atoms with Gasteiger partial charge in [0.25, 0.3) is 0 Å². The fourth-order valence-corrected chi connectivity index (χ4v) is 6.56. The van der Waals surface area contributed by atoms with Crippen LogP contribution in [0.1, 0.15) is 36.2 Å². The molecule has 1 aliphatic rings. The number of fused-ring (bicyclic) bond motifs is 3. The van der Waals surface area contributed by atoms with Crippen LogP contribution in [-0.4, -0.2) is 36.2 Å². The van der Waals surface area contributed by atoms with Gasteiger partial charge in [0, 0.05) is 44.5 Å².